The molecule has 1 amide bonds. The highest BCUT2D eigenvalue weighted by atomic mass is 16.5. The van der Waals surface area contributed by atoms with Crippen LogP contribution in [0.1, 0.15) is 38.1 Å². The predicted octanol–water partition coefficient (Wildman–Crippen LogP) is 1.24. The third-order valence-corrected chi connectivity index (χ3v) is 5.69. The molecule has 2 aliphatic rings. The molecule has 2 aliphatic heterocycles. The van der Waals surface area contributed by atoms with Crippen molar-refractivity contribution >= 4 is 5.91 Å². The van der Waals surface area contributed by atoms with E-state index < -0.39 is 0 Å². The maximum atomic E-state index is 12.7. The molecule has 3 heterocycles. The molecule has 1 aromatic heterocycles. The van der Waals surface area contributed by atoms with E-state index in [4.69, 9.17) is 4.74 Å². The summed E-state index contributed by atoms with van der Waals surface area (Å²) in [5.41, 5.74) is 2.28. The summed E-state index contributed by atoms with van der Waals surface area (Å²) in [6.45, 7) is 9.83. The lowest BCUT2D eigenvalue weighted by Gasteiger charge is -2.48. The van der Waals surface area contributed by atoms with Crippen LogP contribution in [0.5, 0.6) is 0 Å². The molecule has 0 unspecified atom stereocenters. The maximum absolute atomic E-state index is 12.7. The zero-order chi connectivity index (χ0) is 17.2. The molecule has 6 heteroatoms. The standard InChI is InChI=1S/C18H30N4O2/c1-4-15-13-16(20(3)19-15)14-17(23)21-7-5-18(2,6-8-21)22-9-11-24-12-10-22/h13H,4-12,14H2,1-3H3. The molecule has 0 aliphatic carbocycles. The molecular weight excluding hydrogens is 304 g/mol. The number of hydrogen-bond donors (Lipinski definition) is 0. The van der Waals surface area contributed by atoms with Crippen molar-refractivity contribution < 1.29 is 9.53 Å². The second-order valence-corrected chi connectivity index (χ2v) is 7.26. The predicted molar refractivity (Wildman–Crippen MR) is 92.9 cm³/mol. The van der Waals surface area contributed by atoms with Gasteiger partial charge in [0, 0.05) is 44.5 Å². The van der Waals surface area contributed by atoms with Crippen molar-refractivity contribution in [3.8, 4) is 0 Å². The molecule has 24 heavy (non-hydrogen) atoms. The summed E-state index contributed by atoms with van der Waals surface area (Å²) in [5, 5.41) is 4.44. The molecule has 0 N–H and O–H groups in total. The Morgan fingerprint density at radius 1 is 1.25 bits per heavy atom. The number of aromatic nitrogens is 2. The van der Waals surface area contributed by atoms with E-state index in [2.05, 4.69) is 29.9 Å². The fourth-order valence-electron chi connectivity index (χ4n) is 3.83. The van der Waals surface area contributed by atoms with Gasteiger partial charge in [0.15, 0.2) is 0 Å². The van der Waals surface area contributed by atoms with Crippen molar-refractivity contribution in [3.05, 3.63) is 17.5 Å². The minimum absolute atomic E-state index is 0.211. The van der Waals surface area contributed by atoms with Crippen LogP contribution < -0.4 is 0 Å². The van der Waals surface area contributed by atoms with Gasteiger partial charge >= 0.3 is 0 Å². The first-order valence-corrected chi connectivity index (χ1v) is 9.14. The minimum Gasteiger partial charge on any atom is -0.379 e. The average molecular weight is 334 g/mol. The van der Waals surface area contributed by atoms with E-state index in [0.717, 1.165) is 70.0 Å². The first kappa shape index (κ1) is 17.4. The zero-order valence-electron chi connectivity index (χ0n) is 15.3. The summed E-state index contributed by atoms with van der Waals surface area (Å²) in [6, 6.07) is 2.06. The quantitative estimate of drug-likeness (QED) is 0.831. The molecule has 1 aromatic rings. The Hall–Kier alpha value is -1.40. The van der Waals surface area contributed by atoms with Crippen LogP contribution in [0.4, 0.5) is 0 Å². The first-order chi connectivity index (χ1) is 11.5. The van der Waals surface area contributed by atoms with Crippen molar-refractivity contribution in [3.63, 3.8) is 0 Å². The SMILES string of the molecule is CCc1cc(CC(=O)N2CCC(C)(N3CCOCC3)CC2)n(C)n1. The summed E-state index contributed by atoms with van der Waals surface area (Å²) in [5.74, 6) is 0.227. The van der Waals surface area contributed by atoms with Crippen LogP contribution in [0.2, 0.25) is 0 Å². The summed E-state index contributed by atoms with van der Waals surface area (Å²) >= 11 is 0. The van der Waals surface area contributed by atoms with Gasteiger partial charge in [0.05, 0.1) is 25.3 Å². The average Bonchev–Trinajstić information content (AvgIpc) is 2.96. The molecule has 3 rings (SSSR count). The Balaban J connectivity index is 1.55. The first-order valence-electron chi connectivity index (χ1n) is 9.14. The molecule has 0 atom stereocenters. The van der Waals surface area contributed by atoms with Crippen molar-refractivity contribution in [1.82, 2.24) is 19.6 Å². The van der Waals surface area contributed by atoms with Gasteiger partial charge in [-0.1, -0.05) is 6.92 Å². The Labute approximate surface area is 144 Å². The molecule has 0 aromatic carbocycles. The van der Waals surface area contributed by atoms with E-state index in [1.807, 2.05) is 16.6 Å². The highest BCUT2D eigenvalue weighted by molar-refractivity contribution is 5.78. The second kappa shape index (κ2) is 7.23. The lowest BCUT2D eigenvalue weighted by atomic mass is 9.87. The summed E-state index contributed by atoms with van der Waals surface area (Å²) in [6.07, 6.45) is 3.45. The smallest absolute Gasteiger partial charge is 0.228 e. The fraction of sp³-hybridized carbons (Fsp3) is 0.778. The van der Waals surface area contributed by atoms with Crippen molar-refractivity contribution in [2.75, 3.05) is 39.4 Å². The van der Waals surface area contributed by atoms with Gasteiger partial charge in [-0.25, -0.2) is 0 Å². The lowest BCUT2D eigenvalue weighted by molar-refractivity contribution is -0.134. The number of ether oxygens (including phenoxy) is 1. The Morgan fingerprint density at radius 3 is 2.50 bits per heavy atom. The number of hydrogen-bond acceptors (Lipinski definition) is 4. The van der Waals surface area contributed by atoms with E-state index in [9.17, 15) is 4.79 Å². The van der Waals surface area contributed by atoms with Crippen LogP contribution in [0.3, 0.4) is 0 Å². The van der Waals surface area contributed by atoms with Crippen LogP contribution in [-0.4, -0.2) is 70.4 Å². The van der Waals surface area contributed by atoms with Crippen molar-refractivity contribution in [2.45, 2.75) is 45.1 Å². The highest BCUT2D eigenvalue weighted by Crippen LogP contribution is 2.29. The number of carbonyl (C=O) groups is 1. The summed E-state index contributed by atoms with van der Waals surface area (Å²) in [7, 11) is 1.92. The number of rotatable bonds is 4. The lowest BCUT2D eigenvalue weighted by Crippen LogP contribution is -2.57. The van der Waals surface area contributed by atoms with Gasteiger partial charge in [-0.3, -0.25) is 14.4 Å². The van der Waals surface area contributed by atoms with E-state index in [-0.39, 0.29) is 11.4 Å². The van der Waals surface area contributed by atoms with Gasteiger partial charge in [-0.15, -0.1) is 0 Å². The van der Waals surface area contributed by atoms with E-state index in [1.54, 1.807) is 0 Å². The maximum Gasteiger partial charge on any atom is 0.228 e. The molecule has 0 saturated carbocycles. The van der Waals surface area contributed by atoms with Crippen LogP contribution in [-0.2, 0) is 29.4 Å². The van der Waals surface area contributed by atoms with Gasteiger partial charge in [0.1, 0.15) is 0 Å². The zero-order valence-corrected chi connectivity index (χ0v) is 15.3. The summed E-state index contributed by atoms with van der Waals surface area (Å²) in [4.78, 5) is 17.2. The highest BCUT2D eigenvalue weighted by Gasteiger charge is 2.37. The molecule has 2 saturated heterocycles. The minimum atomic E-state index is 0.211. The molecule has 0 spiro atoms. The second-order valence-electron chi connectivity index (χ2n) is 7.26. The normalized spacial score (nSPS) is 21.9. The van der Waals surface area contributed by atoms with E-state index >= 15 is 0 Å². The van der Waals surface area contributed by atoms with Gasteiger partial charge in [-0.2, -0.15) is 5.10 Å². The molecule has 0 radical (unpaired) electrons. The van der Waals surface area contributed by atoms with Crippen LogP contribution >= 0.6 is 0 Å². The van der Waals surface area contributed by atoms with Gasteiger partial charge in [0.2, 0.25) is 5.91 Å². The van der Waals surface area contributed by atoms with Gasteiger partial charge in [-0.05, 0) is 32.3 Å². The van der Waals surface area contributed by atoms with Gasteiger partial charge in [0.25, 0.3) is 0 Å². The molecule has 134 valence electrons. The van der Waals surface area contributed by atoms with Gasteiger partial charge < -0.3 is 9.64 Å². The Morgan fingerprint density at radius 2 is 1.92 bits per heavy atom. The topological polar surface area (TPSA) is 50.6 Å². The number of piperidine rings is 1. The third-order valence-electron chi connectivity index (χ3n) is 5.69. The number of amides is 1. The third kappa shape index (κ3) is 3.64. The van der Waals surface area contributed by atoms with E-state index in [1.165, 1.54) is 0 Å². The number of aryl methyl sites for hydroxylation is 2. The molecular formula is C18H30N4O2. The molecule has 2 fully saturated rings. The van der Waals surface area contributed by atoms with Crippen LogP contribution in [0.15, 0.2) is 6.07 Å². The summed E-state index contributed by atoms with van der Waals surface area (Å²) < 4.78 is 7.31. The largest absolute Gasteiger partial charge is 0.379 e. The number of nitrogens with zero attached hydrogens (tertiary/aromatic N) is 4. The number of carbonyl (C=O) groups excluding carboxylic acids is 1. The number of likely N-dealkylation sites (tertiary alicyclic amines) is 1. The number of morpholine rings is 1. The fourth-order valence-corrected chi connectivity index (χ4v) is 3.83. The van der Waals surface area contributed by atoms with E-state index in [0.29, 0.717) is 6.42 Å². The van der Waals surface area contributed by atoms with Crippen molar-refractivity contribution in [1.29, 1.82) is 0 Å². The van der Waals surface area contributed by atoms with Crippen LogP contribution in [0, 0.1) is 0 Å². The Kier molecular flexibility index (Phi) is 5.25. The Bertz CT molecular complexity index is 570. The molecule has 6 nitrogen and oxygen atoms in total. The van der Waals surface area contributed by atoms with Crippen molar-refractivity contribution in [2.24, 2.45) is 7.05 Å². The molecule has 0 bridgehead atoms. The van der Waals surface area contributed by atoms with Crippen LogP contribution in [0.25, 0.3) is 0 Å². The monoisotopic (exact) mass is 334 g/mol.